The topological polar surface area (TPSA) is 184 Å². The van der Waals surface area contributed by atoms with Gasteiger partial charge in [0.05, 0.1) is 0 Å². The van der Waals surface area contributed by atoms with Crippen LogP contribution in [0.4, 0.5) is 0 Å². The van der Waals surface area contributed by atoms with Gasteiger partial charge in [-0.25, -0.2) is 16.8 Å². The maximum Gasteiger partial charge on any atom is 2.00 e. The molecule has 13 heteroatoms. The Morgan fingerprint density at radius 1 is 0.724 bits per heavy atom. The van der Waals surface area contributed by atoms with E-state index in [4.69, 9.17) is 40.2 Å². The number of rotatable bonds is 11. The fourth-order valence-electron chi connectivity index (χ4n) is 1.80. The molecule has 0 spiro atoms. The molecule has 0 radical (unpaired) electrons. The minimum Gasteiger partial charge on any atom is -0.726 e. The number of ether oxygens (including phenoxy) is 1. The first-order chi connectivity index (χ1) is 12.7. The van der Waals surface area contributed by atoms with E-state index in [2.05, 4.69) is 18.6 Å². The van der Waals surface area contributed by atoms with Crippen LogP contribution in [0.3, 0.4) is 0 Å². The average Bonchev–Trinajstić information content (AvgIpc) is 2.47. The van der Waals surface area contributed by atoms with E-state index in [1.54, 1.807) is 6.92 Å². The summed E-state index contributed by atoms with van der Waals surface area (Å²) in [5.74, 6) is 0. The fourth-order valence-corrected chi connectivity index (χ4v) is 1.80. The molecule has 0 bridgehead atoms. The Morgan fingerprint density at radius 3 is 1.03 bits per heavy atom. The van der Waals surface area contributed by atoms with Crippen molar-refractivity contribution in [3.05, 3.63) is 0 Å². The summed E-state index contributed by atoms with van der Waals surface area (Å²) >= 11 is 0. The van der Waals surface area contributed by atoms with Gasteiger partial charge in [0.1, 0.15) is 0 Å². The molecule has 0 fully saturated rings. The third kappa shape index (κ3) is 129. The smallest absolute Gasteiger partial charge is 0.726 e. The van der Waals surface area contributed by atoms with Gasteiger partial charge in [-0.3, -0.25) is 9.11 Å². The molecule has 0 aromatic rings. The molecule has 29 heavy (non-hydrogen) atoms. The van der Waals surface area contributed by atoms with Gasteiger partial charge in [0, 0.05) is 6.61 Å². The Bertz CT molecular complexity index is 426. The molecule has 0 saturated carbocycles. The van der Waals surface area contributed by atoms with Gasteiger partial charge in [0.15, 0.2) is 6.29 Å². The van der Waals surface area contributed by atoms with E-state index in [9.17, 15) is 0 Å². The van der Waals surface area contributed by atoms with E-state index < -0.39 is 27.1 Å². The van der Waals surface area contributed by atoms with Crippen LogP contribution in [0.25, 0.3) is 0 Å². The molecule has 0 saturated heterocycles. The molecule has 3 N–H and O–H groups in total. The number of aliphatic hydroxyl groups is 1. The Labute approximate surface area is 193 Å². The average molecular weight is 479 g/mol. The van der Waals surface area contributed by atoms with Crippen LogP contribution < -0.4 is 0 Å². The predicted molar refractivity (Wildman–Crippen MR) is 111 cm³/mol. The van der Waals surface area contributed by atoms with E-state index in [-0.39, 0.29) is 23.1 Å². The van der Waals surface area contributed by atoms with Crippen molar-refractivity contribution in [2.45, 2.75) is 98.2 Å². The minimum absolute atomic E-state index is 0. The molecule has 176 valence electrons. The summed E-state index contributed by atoms with van der Waals surface area (Å²) in [7, 11) is -9.83. The van der Waals surface area contributed by atoms with Crippen molar-refractivity contribution in [3.63, 3.8) is 0 Å². The Kier molecular flexibility index (Phi) is 39.1. The van der Waals surface area contributed by atoms with Crippen molar-refractivity contribution in [1.82, 2.24) is 0 Å². The van der Waals surface area contributed by atoms with Crippen LogP contribution in [-0.2, 0) is 25.5 Å². The fraction of sp³-hybridized carbons (Fsp3) is 1.00. The molecular weight excluding hydrogens is 441 g/mol. The third-order valence-electron chi connectivity index (χ3n) is 2.86. The van der Waals surface area contributed by atoms with Crippen LogP contribution in [-0.4, -0.2) is 76.1 Å². The summed E-state index contributed by atoms with van der Waals surface area (Å²) in [4.78, 5) is 0. The Balaban J connectivity index is -0.0000000958. The second-order valence-corrected chi connectivity index (χ2v) is 7.45. The van der Waals surface area contributed by atoms with Gasteiger partial charge in [-0.15, -0.1) is 0 Å². The molecule has 0 aliphatic heterocycles. The van der Waals surface area contributed by atoms with Crippen LogP contribution in [0, 0.1) is 0 Å². The minimum atomic E-state index is -4.92. The van der Waals surface area contributed by atoms with E-state index in [0.29, 0.717) is 6.61 Å². The summed E-state index contributed by atoms with van der Waals surface area (Å²) in [6.45, 7) is 8.57. The standard InChI is InChI=1S/C12H26.C4H10O2.Mg.2H2O4S/c1-3-5-7-9-11-12-10-8-6-4-2;1-3-6-4(2)5;;2*1-5(2,3)4/h3-12H2,1-2H3;4-5H,3H2,1-2H3;;2*(H2,1,2,3,4)/q;;+2;;/p-2. The van der Waals surface area contributed by atoms with Gasteiger partial charge < -0.3 is 18.9 Å². The quantitative estimate of drug-likeness (QED) is 0.131. The van der Waals surface area contributed by atoms with Gasteiger partial charge in [-0.05, 0) is 13.8 Å². The first-order valence-electron chi connectivity index (χ1n) is 9.35. The van der Waals surface area contributed by atoms with Crippen molar-refractivity contribution in [2.75, 3.05) is 6.61 Å². The summed E-state index contributed by atoms with van der Waals surface area (Å²) < 4.78 is 70.3. The van der Waals surface area contributed by atoms with E-state index >= 15 is 0 Å². The molecule has 1 atom stereocenters. The summed E-state index contributed by atoms with van der Waals surface area (Å²) in [6.07, 6.45) is 13.8. The van der Waals surface area contributed by atoms with Gasteiger partial charge in [-0.2, -0.15) is 0 Å². The van der Waals surface area contributed by atoms with E-state index in [1.165, 1.54) is 64.2 Å². The van der Waals surface area contributed by atoms with Crippen molar-refractivity contribution in [1.29, 1.82) is 0 Å². The second kappa shape index (κ2) is 28.4. The van der Waals surface area contributed by atoms with Crippen molar-refractivity contribution < 1.29 is 44.9 Å². The van der Waals surface area contributed by atoms with Crippen LogP contribution in [0.2, 0.25) is 0 Å². The Morgan fingerprint density at radius 2 is 0.931 bits per heavy atom. The first-order valence-corrected chi connectivity index (χ1v) is 12.1. The maximum absolute atomic E-state index is 8.63. The largest absolute Gasteiger partial charge is 2.00 e. The molecule has 0 aromatic heterocycles. The molecule has 0 amide bonds. The molecular formula is C16H38MgO10S2. The summed E-state index contributed by atoms with van der Waals surface area (Å²) in [5, 5.41) is 8.33. The number of hydrogen-bond donors (Lipinski definition) is 3. The van der Waals surface area contributed by atoms with Gasteiger partial charge in [-0.1, -0.05) is 78.1 Å². The van der Waals surface area contributed by atoms with Crippen LogP contribution in [0.5, 0.6) is 0 Å². The molecule has 0 aliphatic rings. The third-order valence-corrected chi connectivity index (χ3v) is 2.86. The van der Waals surface area contributed by atoms with Crippen LogP contribution >= 0.6 is 0 Å². The van der Waals surface area contributed by atoms with E-state index in [0.717, 1.165) is 0 Å². The van der Waals surface area contributed by atoms with Crippen LogP contribution in [0.1, 0.15) is 91.9 Å². The molecule has 1 unspecified atom stereocenters. The zero-order chi connectivity index (χ0) is 23.1. The molecule has 0 heterocycles. The molecule has 0 rings (SSSR count). The SMILES string of the molecule is CCCCCCCCCCCC.CCOC(C)O.O=S(=O)([O-])O.O=S(=O)([O-])O.[Mg+2]. The van der Waals surface area contributed by atoms with Gasteiger partial charge >= 0.3 is 23.1 Å². The van der Waals surface area contributed by atoms with Gasteiger partial charge in [0.2, 0.25) is 20.8 Å². The van der Waals surface area contributed by atoms with E-state index in [1.807, 2.05) is 6.92 Å². The maximum atomic E-state index is 8.63. The number of aliphatic hydroxyl groups excluding tert-OH is 1. The summed E-state index contributed by atoms with van der Waals surface area (Å²) in [5.41, 5.74) is 0. The predicted octanol–water partition coefficient (Wildman–Crippen LogP) is 2.92. The second-order valence-electron chi connectivity index (χ2n) is 5.74. The zero-order valence-electron chi connectivity index (χ0n) is 18.1. The van der Waals surface area contributed by atoms with Crippen molar-refractivity contribution in [2.24, 2.45) is 0 Å². The normalized spacial score (nSPS) is 11.3. The van der Waals surface area contributed by atoms with Crippen molar-refractivity contribution in [3.8, 4) is 0 Å². The number of hydrogen-bond acceptors (Lipinski definition) is 8. The zero-order valence-corrected chi connectivity index (χ0v) is 21.1. The first kappa shape index (κ1) is 39.9. The molecule has 10 nitrogen and oxygen atoms in total. The molecule has 0 aliphatic carbocycles. The van der Waals surface area contributed by atoms with Crippen LogP contribution in [0.15, 0.2) is 0 Å². The molecule has 0 aromatic carbocycles. The summed E-state index contributed by atoms with van der Waals surface area (Å²) in [6, 6.07) is 0. The monoisotopic (exact) mass is 478 g/mol. The van der Waals surface area contributed by atoms with Gasteiger partial charge in [0.25, 0.3) is 0 Å². The Hall–Kier alpha value is 0.426. The van der Waals surface area contributed by atoms with Crippen molar-refractivity contribution >= 4 is 43.9 Å². The number of unbranched alkanes of at least 4 members (excludes halogenated alkanes) is 9.